The van der Waals surface area contributed by atoms with Crippen LogP contribution in [0.25, 0.3) is 10.9 Å². The summed E-state index contributed by atoms with van der Waals surface area (Å²) in [5.74, 6) is -0.941. The van der Waals surface area contributed by atoms with Crippen molar-refractivity contribution in [2.45, 2.75) is 13.3 Å². The van der Waals surface area contributed by atoms with Crippen molar-refractivity contribution in [3.63, 3.8) is 0 Å². The summed E-state index contributed by atoms with van der Waals surface area (Å²) in [7, 11) is 0. The molecule has 0 aliphatic heterocycles. The van der Waals surface area contributed by atoms with Gasteiger partial charge in [0.05, 0.1) is 12.1 Å². The second-order valence-electron chi connectivity index (χ2n) is 4.89. The monoisotopic (exact) mass is 318 g/mol. The summed E-state index contributed by atoms with van der Waals surface area (Å²) in [6.45, 7) is 1.67. The van der Waals surface area contributed by atoms with Crippen LogP contribution in [0.4, 0.5) is 0 Å². The summed E-state index contributed by atoms with van der Waals surface area (Å²) in [5.41, 5.74) is 1.33. The van der Waals surface area contributed by atoms with Crippen LogP contribution < -0.4 is 0 Å². The molecule has 0 saturated heterocycles. The Morgan fingerprint density at radius 3 is 2.77 bits per heavy atom. The predicted molar refractivity (Wildman–Crippen MR) is 79.3 cm³/mol. The van der Waals surface area contributed by atoms with Gasteiger partial charge < -0.3 is 14.6 Å². The van der Waals surface area contributed by atoms with E-state index in [1.165, 1.54) is 6.07 Å². The van der Waals surface area contributed by atoms with E-state index in [4.69, 9.17) is 21.2 Å². The highest BCUT2D eigenvalue weighted by molar-refractivity contribution is 6.31. The highest BCUT2D eigenvalue weighted by Crippen LogP contribution is 2.27. The van der Waals surface area contributed by atoms with Crippen LogP contribution in [0.1, 0.15) is 27.5 Å². The van der Waals surface area contributed by atoms with Gasteiger partial charge in [-0.15, -0.1) is 0 Å². The number of benzene rings is 1. The van der Waals surface area contributed by atoms with Gasteiger partial charge in [-0.1, -0.05) is 22.8 Å². The van der Waals surface area contributed by atoms with E-state index in [2.05, 4.69) is 10.1 Å². The summed E-state index contributed by atoms with van der Waals surface area (Å²) in [6.07, 6.45) is -0.278. The first-order valence-electron chi connectivity index (χ1n) is 6.45. The van der Waals surface area contributed by atoms with Crippen molar-refractivity contribution in [3.8, 4) is 0 Å². The summed E-state index contributed by atoms with van der Waals surface area (Å²) >= 11 is 5.94. The molecule has 0 spiro atoms. The molecule has 0 saturated carbocycles. The van der Waals surface area contributed by atoms with Crippen LogP contribution in [-0.4, -0.2) is 27.0 Å². The normalized spacial score (nSPS) is 11.0. The van der Waals surface area contributed by atoms with Gasteiger partial charge in [0.25, 0.3) is 0 Å². The van der Waals surface area contributed by atoms with Crippen molar-refractivity contribution < 1.29 is 19.2 Å². The Balaban J connectivity index is 2.18. The molecule has 6 nitrogen and oxygen atoms in total. The molecule has 0 atom stereocenters. The molecule has 2 heterocycles. The van der Waals surface area contributed by atoms with Crippen molar-refractivity contribution in [2.75, 3.05) is 0 Å². The Morgan fingerprint density at radius 1 is 1.36 bits per heavy atom. The third-order valence-electron chi connectivity index (χ3n) is 3.28. The molecule has 2 aromatic heterocycles. The third-order valence-corrected chi connectivity index (χ3v) is 3.52. The standard InChI is InChI=1S/C15H11ClN2O4/c1-7-4-12(18-22-7)15(21)14-10(6-13(19)20)9-3-2-8(16)5-11(9)17-14/h2-5,17H,6H2,1H3,(H,19,20). The van der Waals surface area contributed by atoms with E-state index < -0.39 is 11.8 Å². The molecule has 0 amide bonds. The van der Waals surface area contributed by atoms with Crippen LogP contribution >= 0.6 is 11.6 Å². The third kappa shape index (κ3) is 2.48. The average Bonchev–Trinajstić information content (AvgIpc) is 3.02. The van der Waals surface area contributed by atoms with Gasteiger partial charge in [0.1, 0.15) is 5.76 Å². The number of aromatic amines is 1. The van der Waals surface area contributed by atoms with E-state index in [1.54, 1.807) is 25.1 Å². The lowest BCUT2D eigenvalue weighted by atomic mass is 10.0. The fraction of sp³-hybridized carbons (Fsp3) is 0.133. The number of carbonyl (C=O) groups excluding carboxylic acids is 1. The Labute approximate surface area is 129 Å². The average molecular weight is 319 g/mol. The van der Waals surface area contributed by atoms with E-state index in [0.29, 0.717) is 27.2 Å². The van der Waals surface area contributed by atoms with Gasteiger partial charge in [-0.3, -0.25) is 9.59 Å². The quantitative estimate of drug-likeness (QED) is 0.721. The summed E-state index contributed by atoms with van der Waals surface area (Å²) < 4.78 is 4.90. The second-order valence-corrected chi connectivity index (χ2v) is 5.33. The molecular formula is C15H11ClN2O4. The van der Waals surface area contributed by atoms with Crippen molar-refractivity contribution >= 4 is 34.3 Å². The number of aryl methyl sites for hydroxylation is 1. The van der Waals surface area contributed by atoms with Gasteiger partial charge >= 0.3 is 5.97 Å². The Morgan fingerprint density at radius 2 is 2.14 bits per heavy atom. The number of hydrogen-bond donors (Lipinski definition) is 2. The molecule has 1 aromatic carbocycles. The number of nitrogens with zero attached hydrogens (tertiary/aromatic N) is 1. The zero-order chi connectivity index (χ0) is 15.9. The zero-order valence-corrected chi connectivity index (χ0v) is 12.3. The lowest BCUT2D eigenvalue weighted by Gasteiger charge is -1.99. The molecule has 3 aromatic rings. The molecule has 0 unspecified atom stereocenters. The van der Waals surface area contributed by atoms with Crippen LogP contribution in [0.3, 0.4) is 0 Å². The minimum Gasteiger partial charge on any atom is -0.481 e. The number of H-pyrrole nitrogens is 1. The highest BCUT2D eigenvalue weighted by Gasteiger charge is 2.23. The highest BCUT2D eigenvalue weighted by atomic mass is 35.5. The van der Waals surface area contributed by atoms with Crippen molar-refractivity contribution in [1.29, 1.82) is 0 Å². The number of carbonyl (C=O) groups is 2. The number of halogens is 1. The van der Waals surface area contributed by atoms with Gasteiger partial charge in [0.2, 0.25) is 5.78 Å². The first-order chi connectivity index (χ1) is 10.5. The van der Waals surface area contributed by atoms with Crippen LogP contribution in [-0.2, 0) is 11.2 Å². The molecule has 0 radical (unpaired) electrons. The Bertz CT molecular complexity index is 894. The molecule has 112 valence electrons. The molecule has 0 bridgehead atoms. The fourth-order valence-electron chi connectivity index (χ4n) is 2.36. The first-order valence-corrected chi connectivity index (χ1v) is 6.83. The zero-order valence-electron chi connectivity index (χ0n) is 11.5. The van der Waals surface area contributed by atoms with Crippen molar-refractivity contribution in [3.05, 3.63) is 52.0 Å². The SMILES string of the molecule is Cc1cc(C(=O)c2[nH]c3cc(Cl)ccc3c2CC(=O)O)no1. The molecule has 0 aliphatic carbocycles. The van der Waals surface area contributed by atoms with Gasteiger partial charge in [-0.05, 0) is 19.1 Å². The fourth-order valence-corrected chi connectivity index (χ4v) is 2.53. The van der Waals surface area contributed by atoms with E-state index in [9.17, 15) is 9.59 Å². The number of rotatable bonds is 4. The number of fused-ring (bicyclic) bond motifs is 1. The lowest BCUT2D eigenvalue weighted by Crippen LogP contribution is -2.09. The minimum atomic E-state index is -1.03. The Kier molecular flexibility index (Phi) is 3.46. The number of hydrogen-bond acceptors (Lipinski definition) is 4. The largest absolute Gasteiger partial charge is 0.481 e. The van der Waals surface area contributed by atoms with Crippen molar-refractivity contribution in [1.82, 2.24) is 10.1 Å². The predicted octanol–water partition coefficient (Wildman–Crippen LogP) is 2.98. The van der Waals surface area contributed by atoms with Crippen LogP contribution in [0.2, 0.25) is 5.02 Å². The topological polar surface area (TPSA) is 96.2 Å². The second kappa shape index (κ2) is 5.31. The van der Waals surface area contributed by atoms with Crippen molar-refractivity contribution in [2.24, 2.45) is 0 Å². The van der Waals surface area contributed by atoms with Gasteiger partial charge in [0, 0.05) is 27.6 Å². The smallest absolute Gasteiger partial charge is 0.307 e. The molecule has 7 heteroatoms. The maximum atomic E-state index is 12.5. The van der Waals surface area contributed by atoms with E-state index >= 15 is 0 Å². The minimum absolute atomic E-state index is 0.127. The van der Waals surface area contributed by atoms with E-state index in [1.807, 2.05) is 0 Å². The summed E-state index contributed by atoms with van der Waals surface area (Å²) in [4.78, 5) is 26.6. The van der Waals surface area contributed by atoms with E-state index in [0.717, 1.165) is 0 Å². The van der Waals surface area contributed by atoms with Crippen LogP contribution in [0.15, 0.2) is 28.8 Å². The molecule has 22 heavy (non-hydrogen) atoms. The van der Waals surface area contributed by atoms with Crippen LogP contribution in [0.5, 0.6) is 0 Å². The molecule has 0 aliphatic rings. The number of aliphatic carboxylic acids is 1. The number of carboxylic acids is 1. The number of aromatic nitrogens is 2. The maximum Gasteiger partial charge on any atom is 0.307 e. The van der Waals surface area contributed by atoms with Crippen LogP contribution in [0, 0.1) is 6.92 Å². The lowest BCUT2D eigenvalue weighted by molar-refractivity contribution is -0.136. The van der Waals surface area contributed by atoms with Gasteiger partial charge in [0.15, 0.2) is 5.69 Å². The van der Waals surface area contributed by atoms with Gasteiger partial charge in [-0.25, -0.2) is 0 Å². The summed E-state index contributed by atoms with van der Waals surface area (Å²) in [5, 5.41) is 13.9. The first kappa shape index (κ1) is 14.3. The molecular weight excluding hydrogens is 308 g/mol. The molecule has 2 N–H and O–H groups in total. The summed E-state index contributed by atoms with van der Waals surface area (Å²) in [6, 6.07) is 6.49. The molecule has 3 rings (SSSR count). The maximum absolute atomic E-state index is 12.5. The van der Waals surface area contributed by atoms with E-state index in [-0.39, 0.29) is 17.8 Å². The van der Waals surface area contributed by atoms with Gasteiger partial charge in [-0.2, -0.15) is 0 Å². The number of carboxylic acid groups (broad SMARTS) is 1. The molecule has 0 fully saturated rings. The number of nitrogens with one attached hydrogen (secondary N) is 1. The Hall–Kier alpha value is -2.60. The number of ketones is 1.